The molecule has 1 heterocycles. The zero-order chi connectivity index (χ0) is 19.9. The lowest BCUT2D eigenvalue weighted by atomic mass is 10.1. The quantitative estimate of drug-likeness (QED) is 0.548. The van der Waals surface area contributed by atoms with Gasteiger partial charge in [-0.05, 0) is 39.2 Å². The second-order valence-electron chi connectivity index (χ2n) is 5.95. The molecule has 3 rings (SSSR count). The molecule has 0 saturated heterocycles. The number of nitrogens with one attached hydrogen (secondary N) is 2. The largest absolute Gasteiger partial charge is 0.495 e. The molecule has 0 spiro atoms. The summed E-state index contributed by atoms with van der Waals surface area (Å²) in [7, 11) is 1.54. The van der Waals surface area contributed by atoms with Gasteiger partial charge in [-0.1, -0.05) is 24.3 Å². The number of fused-ring (bicyclic) bond motifs is 1. The molecule has 7 nitrogen and oxygen atoms in total. The molecule has 1 aromatic heterocycles. The fraction of sp³-hybridized carbons (Fsp3) is 0.200. The average molecular weight is 443 g/mol. The lowest BCUT2D eigenvalue weighted by molar-refractivity contribution is 0.0947. The van der Waals surface area contributed by atoms with Gasteiger partial charge >= 0.3 is 0 Å². The maximum absolute atomic E-state index is 12.6. The van der Waals surface area contributed by atoms with E-state index in [1.165, 1.54) is 25.7 Å². The molecular formula is C20H19BrN4O3. The van der Waals surface area contributed by atoms with E-state index in [1.807, 2.05) is 30.3 Å². The van der Waals surface area contributed by atoms with Crippen LogP contribution in [0.5, 0.6) is 5.75 Å². The number of amides is 2. The van der Waals surface area contributed by atoms with Gasteiger partial charge in [0.15, 0.2) is 0 Å². The number of rotatable bonds is 7. The van der Waals surface area contributed by atoms with E-state index in [4.69, 9.17) is 4.74 Å². The molecule has 0 aliphatic rings. The molecule has 0 aliphatic heterocycles. The molecule has 0 aliphatic carbocycles. The van der Waals surface area contributed by atoms with Gasteiger partial charge in [-0.25, -0.2) is 4.98 Å². The number of carbonyl (C=O) groups excluding carboxylic acids is 2. The van der Waals surface area contributed by atoms with Crippen molar-refractivity contribution in [3.05, 3.63) is 64.7 Å². The fourth-order valence-corrected chi connectivity index (χ4v) is 3.48. The third-order valence-corrected chi connectivity index (χ3v) is 4.90. The third-order valence-electron chi connectivity index (χ3n) is 4.11. The summed E-state index contributed by atoms with van der Waals surface area (Å²) in [6.07, 6.45) is 4.95. The Morgan fingerprint density at radius 2 is 1.86 bits per heavy atom. The van der Waals surface area contributed by atoms with Crippen LogP contribution in [0.2, 0.25) is 0 Å². The molecule has 0 radical (unpaired) electrons. The van der Waals surface area contributed by atoms with Crippen molar-refractivity contribution >= 4 is 38.5 Å². The van der Waals surface area contributed by atoms with Crippen molar-refractivity contribution in [1.82, 2.24) is 20.6 Å². The first-order valence-electron chi connectivity index (χ1n) is 8.69. The Balaban J connectivity index is 1.57. The van der Waals surface area contributed by atoms with Crippen molar-refractivity contribution in [3.8, 4) is 5.75 Å². The highest BCUT2D eigenvalue weighted by Gasteiger charge is 2.17. The Labute approximate surface area is 170 Å². The van der Waals surface area contributed by atoms with Crippen LogP contribution in [0, 0.1) is 0 Å². The van der Waals surface area contributed by atoms with Crippen LogP contribution in [0.1, 0.15) is 27.3 Å². The first-order valence-corrected chi connectivity index (χ1v) is 9.48. The SMILES string of the molecule is COc1c(C(=O)NCCCNC(=O)c2cnccn2)cc2ccccc2c1Br. The van der Waals surface area contributed by atoms with Crippen molar-refractivity contribution < 1.29 is 14.3 Å². The van der Waals surface area contributed by atoms with Gasteiger partial charge < -0.3 is 15.4 Å². The number of benzene rings is 2. The normalized spacial score (nSPS) is 10.5. The number of aromatic nitrogens is 2. The van der Waals surface area contributed by atoms with Crippen molar-refractivity contribution in [2.24, 2.45) is 0 Å². The van der Waals surface area contributed by atoms with Gasteiger partial charge in [0, 0.05) is 25.5 Å². The Kier molecular flexibility index (Phi) is 6.54. The Bertz CT molecular complexity index is 995. The highest BCUT2D eigenvalue weighted by atomic mass is 79.9. The summed E-state index contributed by atoms with van der Waals surface area (Å²) in [5, 5.41) is 7.52. The van der Waals surface area contributed by atoms with E-state index in [-0.39, 0.29) is 17.5 Å². The fourth-order valence-electron chi connectivity index (χ4n) is 2.75. The highest BCUT2D eigenvalue weighted by Crippen LogP contribution is 2.36. The minimum absolute atomic E-state index is 0.233. The van der Waals surface area contributed by atoms with Crippen molar-refractivity contribution in [3.63, 3.8) is 0 Å². The van der Waals surface area contributed by atoms with E-state index in [0.29, 0.717) is 30.8 Å². The van der Waals surface area contributed by atoms with E-state index in [0.717, 1.165) is 15.2 Å². The third kappa shape index (κ3) is 4.45. The van der Waals surface area contributed by atoms with E-state index < -0.39 is 0 Å². The maximum Gasteiger partial charge on any atom is 0.271 e. The summed E-state index contributed by atoms with van der Waals surface area (Å²) in [6, 6.07) is 9.57. The molecule has 0 unspecified atom stereocenters. The Morgan fingerprint density at radius 3 is 2.57 bits per heavy atom. The van der Waals surface area contributed by atoms with Crippen LogP contribution in [-0.4, -0.2) is 42.0 Å². The van der Waals surface area contributed by atoms with Crippen molar-refractivity contribution in [2.75, 3.05) is 20.2 Å². The molecule has 28 heavy (non-hydrogen) atoms. The van der Waals surface area contributed by atoms with Gasteiger partial charge in [0.2, 0.25) is 0 Å². The minimum atomic E-state index is -0.292. The number of hydrogen-bond donors (Lipinski definition) is 2. The van der Waals surface area contributed by atoms with Crippen LogP contribution in [-0.2, 0) is 0 Å². The van der Waals surface area contributed by atoms with E-state index in [2.05, 4.69) is 36.5 Å². The second-order valence-corrected chi connectivity index (χ2v) is 6.74. The van der Waals surface area contributed by atoms with Crippen LogP contribution in [0.25, 0.3) is 10.8 Å². The maximum atomic E-state index is 12.6. The van der Waals surface area contributed by atoms with Crippen molar-refractivity contribution in [1.29, 1.82) is 0 Å². The first-order chi connectivity index (χ1) is 13.6. The Hall–Kier alpha value is -3.00. The molecule has 0 saturated carbocycles. The number of carbonyl (C=O) groups is 2. The predicted molar refractivity (Wildman–Crippen MR) is 110 cm³/mol. The van der Waals surface area contributed by atoms with Gasteiger partial charge in [0.1, 0.15) is 11.4 Å². The number of nitrogens with zero attached hydrogens (tertiary/aromatic N) is 2. The highest BCUT2D eigenvalue weighted by molar-refractivity contribution is 9.10. The molecule has 2 aromatic carbocycles. The first kappa shape index (κ1) is 19.8. The molecule has 0 atom stereocenters. The Morgan fingerprint density at radius 1 is 1.11 bits per heavy atom. The van der Waals surface area contributed by atoms with Gasteiger partial charge in [-0.2, -0.15) is 0 Å². The van der Waals surface area contributed by atoms with Gasteiger partial charge in [0.05, 0.1) is 23.3 Å². The topological polar surface area (TPSA) is 93.2 Å². The van der Waals surface area contributed by atoms with Crippen LogP contribution in [0.4, 0.5) is 0 Å². The number of hydrogen-bond acceptors (Lipinski definition) is 5. The molecule has 3 aromatic rings. The molecule has 8 heteroatoms. The zero-order valence-corrected chi connectivity index (χ0v) is 16.8. The monoisotopic (exact) mass is 442 g/mol. The summed E-state index contributed by atoms with van der Waals surface area (Å²) in [4.78, 5) is 32.3. The van der Waals surface area contributed by atoms with Crippen LogP contribution >= 0.6 is 15.9 Å². The molecular weight excluding hydrogens is 424 g/mol. The minimum Gasteiger partial charge on any atom is -0.495 e. The van der Waals surface area contributed by atoms with Crippen molar-refractivity contribution in [2.45, 2.75) is 6.42 Å². The zero-order valence-electron chi connectivity index (χ0n) is 15.2. The summed E-state index contributed by atoms with van der Waals surface area (Å²) < 4.78 is 6.18. The lowest BCUT2D eigenvalue weighted by Gasteiger charge is -2.13. The van der Waals surface area contributed by atoms with Gasteiger partial charge in [-0.3, -0.25) is 14.6 Å². The average Bonchev–Trinajstić information content (AvgIpc) is 2.73. The lowest BCUT2D eigenvalue weighted by Crippen LogP contribution is -2.30. The molecule has 144 valence electrons. The van der Waals surface area contributed by atoms with Crippen LogP contribution in [0.3, 0.4) is 0 Å². The number of methoxy groups -OCH3 is 1. The molecule has 2 N–H and O–H groups in total. The summed E-state index contributed by atoms with van der Waals surface area (Å²) in [5.74, 6) is -0.0322. The van der Waals surface area contributed by atoms with E-state index in [9.17, 15) is 9.59 Å². The molecule has 0 bridgehead atoms. The van der Waals surface area contributed by atoms with Crippen LogP contribution < -0.4 is 15.4 Å². The van der Waals surface area contributed by atoms with E-state index >= 15 is 0 Å². The standard InChI is InChI=1S/C20H19BrN4O3/c1-28-18-15(11-13-5-2-3-6-14(13)17(18)21)19(26)24-7-4-8-25-20(27)16-12-22-9-10-23-16/h2-3,5-6,9-12H,4,7-8H2,1H3,(H,24,26)(H,25,27). The van der Waals surface area contributed by atoms with Crippen LogP contribution in [0.15, 0.2) is 53.4 Å². The molecule has 2 amide bonds. The number of ether oxygens (including phenoxy) is 1. The summed E-state index contributed by atoms with van der Waals surface area (Å²) >= 11 is 3.53. The van der Waals surface area contributed by atoms with E-state index in [1.54, 1.807) is 0 Å². The molecule has 0 fully saturated rings. The summed E-state index contributed by atoms with van der Waals surface area (Å²) in [5.41, 5.74) is 0.717. The smallest absolute Gasteiger partial charge is 0.271 e. The number of halogens is 1. The summed E-state index contributed by atoms with van der Waals surface area (Å²) in [6.45, 7) is 0.821. The second kappa shape index (κ2) is 9.27. The predicted octanol–water partition coefficient (Wildman–Crippen LogP) is 2.95. The van der Waals surface area contributed by atoms with Gasteiger partial charge in [0.25, 0.3) is 11.8 Å². The van der Waals surface area contributed by atoms with Gasteiger partial charge in [-0.15, -0.1) is 0 Å².